The van der Waals surface area contributed by atoms with Gasteiger partial charge in [-0.05, 0) is 29.7 Å². The molecular formula is C46H40GeIrN4O-2. The Bertz CT molecular complexity index is 2880. The average molecular weight is 934 g/mol. The number of hydrogen-bond donors (Lipinski definition) is 0. The third-order valence-corrected chi connectivity index (χ3v) is 13.5. The maximum Gasteiger partial charge on any atom is 0.147 e. The first-order valence-electron chi connectivity index (χ1n) is 19.4. The quantitative estimate of drug-likeness (QED) is 0.127. The molecule has 265 valence electrons. The third kappa shape index (κ3) is 6.99. The topological polar surface area (TPSA) is 56.7 Å². The van der Waals surface area contributed by atoms with Gasteiger partial charge in [-0.3, -0.25) is 9.97 Å². The van der Waals surface area contributed by atoms with Crippen LogP contribution in [0.1, 0.15) is 36.4 Å². The summed E-state index contributed by atoms with van der Waals surface area (Å²) in [6.07, 6.45) is 3.81. The van der Waals surface area contributed by atoms with E-state index < -0.39 is 26.0 Å². The largest absolute Gasteiger partial charge is 0.498 e. The Morgan fingerprint density at radius 1 is 0.811 bits per heavy atom. The molecule has 0 amide bonds. The fourth-order valence-corrected chi connectivity index (χ4v) is 10.0. The summed E-state index contributed by atoms with van der Waals surface area (Å²) in [5, 5.41) is 3.07. The molecule has 0 saturated heterocycles. The summed E-state index contributed by atoms with van der Waals surface area (Å²) >= 11 is -2.14. The molecule has 5 nitrogen and oxygen atoms in total. The van der Waals surface area contributed by atoms with Crippen molar-refractivity contribution in [1.29, 1.82) is 0 Å². The number of rotatable bonds is 5. The van der Waals surface area contributed by atoms with Crippen molar-refractivity contribution in [3.05, 3.63) is 151 Å². The van der Waals surface area contributed by atoms with Crippen LogP contribution in [0.4, 0.5) is 0 Å². The Kier molecular flexibility index (Phi) is 8.87. The molecule has 9 aromatic rings. The zero-order chi connectivity index (χ0) is 39.4. The Morgan fingerprint density at radius 2 is 1.58 bits per heavy atom. The smallest absolute Gasteiger partial charge is 0.147 e. The van der Waals surface area contributed by atoms with E-state index in [1.54, 1.807) is 12.1 Å². The van der Waals surface area contributed by atoms with Gasteiger partial charge in [0, 0.05) is 42.8 Å². The summed E-state index contributed by atoms with van der Waals surface area (Å²) in [4.78, 5) is 14.3. The number of nitrogens with zero attached hydrogens (tertiary/aromatic N) is 4. The fourth-order valence-electron chi connectivity index (χ4n) is 6.71. The normalized spacial score (nSPS) is 13.2. The zero-order valence-corrected chi connectivity index (χ0v) is 34.6. The second kappa shape index (κ2) is 14.9. The van der Waals surface area contributed by atoms with E-state index in [1.807, 2.05) is 93.0 Å². The van der Waals surface area contributed by atoms with Crippen molar-refractivity contribution in [2.75, 3.05) is 0 Å². The molecular weight excluding hydrogens is 889 g/mol. The number of aryl methyl sites for hydroxylation is 1. The van der Waals surface area contributed by atoms with Crippen LogP contribution in [0.25, 0.3) is 72.2 Å². The van der Waals surface area contributed by atoms with Crippen LogP contribution >= 0.6 is 0 Å². The molecule has 0 atom stereocenters. The van der Waals surface area contributed by atoms with Crippen molar-refractivity contribution < 1.29 is 30.0 Å². The van der Waals surface area contributed by atoms with Gasteiger partial charge in [-0.1, -0.05) is 60.2 Å². The van der Waals surface area contributed by atoms with Gasteiger partial charge in [0.1, 0.15) is 5.58 Å². The molecule has 4 heterocycles. The predicted molar refractivity (Wildman–Crippen MR) is 218 cm³/mol. The molecule has 0 spiro atoms. The predicted octanol–water partition coefficient (Wildman–Crippen LogP) is 11.5. The number of pyridine rings is 2. The molecule has 1 radical (unpaired) electrons. The third-order valence-electron chi connectivity index (χ3n) is 9.30. The minimum absolute atomic E-state index is 0. The number of imidazole rings is 1. The second-order valence-electron chi connectivity index (χ2n) is 14.2. The average Bonchev–Trinajstić information content (AvgIpc) is 3.77. The van der Waals surface area contributed by atoms with Crippen LogP contribution in [0.5, 0.6) is 0 Å². The van der Waals surface area contributed by atoms with Gasteiger partial charge in [0.15, 0.2) is 0 Å². The number of benzene rings is 5. The first-order chi connectivity index (χ1) is 26.7. The summed E-state index contributed by atoms with van der Waals surface area (Å²) in [6.45, 7) is 1.66. The SMILES string of the molecule is [2H]C([2H])([2H])c1c[c-]c(-c2cc(C([2H])(C)C)[c]([Ge]([CH3])([CH3])[CH3])cn2)cc1.[Ir].[c-]1ccc2c(oc3c4ccccc4cnc23)c1-c1nc2ccccc2n1-c1ccccc1. The Labute approximate surface area is 332 Å². The zero-order valence-electron chi connectivity index (χ0n) is 34.2. The number of para-hydroxylation sites is 3. The number of fused-ring (bicyclic) bond motifs is 6. The number of aromatic nitrogens is 4. The van der Waals surface area contributed by atoms with Gasteiger partial charge in [-0.2, -0.15) is 0 Å². The van der Waals surface area contributed by atoms with Gasteiger partial charge in [0.25, 0.3) is 0 Å². The summed E-state index contributed by atoms with van der Waals surface area (Å²) in [5.74, 6) is 6.98. The molecule has 9 rings (SSSR count). The van der Waals surface area contributed by atoms with Gasteiger partial charge in [0.2, 0.25) is 0 Å². The molecule has 53 heavy (non-hydrogen) atoms. The molecule has 0 saturated carbocycles. The van der Waals surface area contributed by atoms with Crippen molar-refractivity contribution >= 4 is 61.5 Å². The fraction of sp³-hybridized carbons (Fsp3) is 0.152. The van der Waals surface area contributed by atoms with E-state index >= 15 is 0 Å². The summed E-state index contributed by atoms with van der Waals surface area (Å²) < 4.78 is 40.7. The molecule has 7 heteroatoms. The first-order valence-corrected chi connectivity index (χ1v) is 24.7. The van der Waals surface area contributed by atoms with E-state index in [1.165, 1.54) is 10.5 Å². The van der Waals surface area contributed by atoms with Crippen molar-refractivity contribution in [2.45, 2.75) is 43.9 Å². The molecule has 0 aliphatic carbocycles. The molecule has 0 bridgehead atoms. The van der Waals surface area contributed by atoms with Crippen LogP contribution in [-0.4, -0.2) is 32.8 Å². The minimum atomic E-state index is -2.14. The Hall–Kier alpha value is -4.88. The van der Waals surface area contributed by atoms with Crippen molar-refractivity contribution in [3.8, 4) is 28.3 Å². The minimum Gasteiger partial charge on any atom is -0.498 e. The number of hydrogen-bond acceptors (Lipinski definition) is 4. The van der Waals surface area contributed by atoms with Gasteiger partial charge in [0.05, 0.1) is 28.0 Å². The standard InChI is InChI=1S/C28H16N3O.C18H24GeN.Ir/c1-2-10-19(11-3-1)31-24-16-7-6-15-23(24)30-28(31)22-14-8-13-21-25-27(32-26(21)22)20-12-5-4-9-18(20)17-29-25;1-13(2)16-11-18(15-9-7-14(3)8-10-15)20-12-17(16)19(4,5)6;/h1-13,15-17H;7-9,11-13H,1-6H3;/q2*-1;/i;3D3,13D;. The maximum absolute atomic E-state index is 8.49. The molecule has 0 N–H and O–H groups in total. The molecule has 0 unspecified atom stereocenters. The van der Waals surface area contributed by atoms with E-state index in [4.69, 9.17) is 19.9 Å². The molecule has 5 aromatic carbocycles. The number of furan rings is 1. The molecule has 4 aromatic heterocycles. The summed E-state index contributed by atoms with van der Waals surface area (Å²) in [6, 6.07) is 43.8. The van der Waals surface area contributed by atoms with E-state index in [9.17, 15) is 0 Å². The molecule has 0 fully saturated rings. The maximum atomic E-state index is 8.49. The molecule has 0 aliphatic heterocycles. The van der Waals surface area contributed by atoms with Gasteiger partial charge < -0.3 is 8.98 Å². The van der Waals surface area contributed by atoms with Gasteiger partial charge >= 0.3 is 131 Å². The summed E-state index contributed by atoms with van der Waals surface area (Å²) in [7, 11) is 0. The van der Waals surface area contributed by atoms with Crippen LogP contribution < -0.4 is 4.40 Å². The second-order valence-corrected chi connectivity index (χ2v) is 24.7. The monoisotopic (exact) mass is 935 g/mol. The van der Waals surface area contributed by atoms with Crippen molar-refractivity contribution in [2.24, 2.45) is 0 Å². The van der Waals surface area contributed by atoms with Crippen LogP contribution in [0.3, 0.4) is 0 Å². The van der Waals surface area contributed by atoms with Crippen LogP contribution in [0.15, 0.2) is 132 Å². The Balaban J connectivity index is 0.000000179. The van der Waals surface area contributed by atoms with E-state index in [-0.39, 0.29) is 25.7 Å². The van der Waals surface area contributed by atoms with Crippen molar-refractivity contribution in [1.82, 2.24) is 19.5 Å². The van der Waals surface area contributed by atoms with Crippen LogP contribution in [0.2, 0.25) is 17.3 Å². The van der Waals surface area contributed by atoms with E-state index in [2.05, 4.69) is 69.3 Å². The van der Waals surface area contributed by atoms with Gasteiger partial charge in [-0.25, -0.2) is 0 Å². The van der Waals surface area contributed by atoms with Gasteiger partial charge in [-0.15, -0.1) is 18.2 Å². The van der Waals surface area contributed by atoms with Crippen LogP contribution in [0, 0.1) is 19.0 Å². The van der Waals surface area contributed by atoms with E-state index in [0.29, 0.717) is 0 Å². The van der Waals surface area contributed by atoms with Crippen molar-refractivity contribution in [3.63, 3.8) is 0 Å². The Morgan fingerprint density at radius 3 is 2.34 bits per heavy atom. The summed E-state index contributed by atoms with van der Waals surface area (Å²) in [5.41, 5.74) is 9.00. The van der Waals surface area contributed by atoms with E-state index in [0.717, 1.165) is 77.8 Å². The van der Waals surface area contributed by atoms with Crippen LogP contribution in [-0.2, 0) is 20.1 Å². The first kappa shape index (κ1) is 31.6. The molecule has 0 aliphatic rings.